The number of hydrogen-bond donors (Lipinski definition) is 2. The average molecular weight is 304 g/mol. The normalized spacial score (nSPS) is 12.0. The van der Waals surface area contributed by atoms with E-state index in [-0.39, 0.29) is 11.8 Å². The van der Waals surface area contributed by atoms with Gasteiger partial charge in [0.1, 0.15) is 5.69 Å². The highest BCUT2D eigenvalue weighted by Crippen LogP contribution is 2.33. The van der Waals surface area contributed by atoms with E-state index in [1.54, 1.807) is 18.2 Å². The fraction of sp³-hybridized carbons (Fsp3) is 0.400. The Labute approximate surface area is 128 Å². The molecule has 1 amide bonds. The van der Waals surface area contributed by atoms with Crippen molar-refractivity contribution in [1.82, 2.24) is 15.4 Å². The van der Waals surface area contributed by atoms with Crippen molar-refractivity contribution in [2.45, 2.75) is 33.3 Å². The van der Waals surface area contributed by atoms with Crippen molar-refractivity contribution >= 4 is 5.91 Å². The zero-order valence-electron chi connectivity index (χ0n) is 12.9. The summed E-state index contributed by atoms with van der Waals surface area (Å²) in [4.78, 5) is 11.4. The van der Waals surface area contributed by atoms with Crippen molar-refractivity contribution in [1.29, 1.82) is 0 Å². The van der Waals surface area contributed by atoms with Crippen LogP contribution in [0.5, 0.6) is 11.5 Å². The number of rotatable bonds is 7. The molecule has 1 aromatic heterocycles. The third-order valence-corrected chi connectivity index (χ3v) is 3.20. The quantitative estimate of drug-likeness (QED) is 0.815. The van der Waals surface area contributed by atoms with E-state index in [9.17, 15) is 4.79 Å². The zero-order chi connectivity index (χ0) is 16.1. The highest BCUT2D eigenvalue weighted by Gasteiger charge is 2.17. The highest BCUT2D eigenvalue weighted by atomic mass is 16.5. The molecule has 7 nitrogen and oxygen atoms in total. The molecule has 3 N–H and O–H groups in total. The highest BCUT2D eigenvalue weighted by molar-refractivity contribution is 5.96. The Morgan fingerprint density at radius 3 is 2.73 bits per heavy atom. The van der Waals surface area contributed by atoms with Crippen LogP contribution in [0.25, 0.3) is 11.3 Å². The Kier molecular flexibility index (Phi) is 4.98. The van der Waals surface area contributed by atoms with Crippen molar-refractivity contribution in [3.8, 4) is 22.8 Å². The van der Waals surface area contributed by atoms with Gasteiger partial charge in [0.25, 0.3) is 5.91 Å². The van der Waals surface area contributed by atoms with E-state index < -0.39 is 5.91 Å². The number of nitrogens with zero attached hydrogens (tertiary/aromatic N) is 2. The van der Waals surface area contributed by atoms with Gasteiger partial charge < -0.3 is 15.2 Å². The molecule has 1 heterocycles. The third kappa shape index (κ3) is 3.36. The van der Waals surface area contributed by atoms with Crippen molar-refractivity contribution in [3.05, 3.63) is 23.9 Å². The second-order valence-corrected chi connectivity index (χ2v) is 4.82. The molecule has 0 bridgehead atoms. The summed E-state index contributed by atoms with van der Waals surface area (Å²) in [7, 11) is 0. The molecule has 118 valence electrons. The standard InChI is InChI=1S/C15H20N4O3/c1-4-9(3)22-11-7-6-10(8-12(11)21-5-2)13-14(15(16)20)18-19-17-13/h6-9H,4-5H2,1-3H3,(H2,16,20)(H,17,18,19). The smallest absolute Gasteiger partial charge is 0.271 e. The molecule has 0 saturated carbocycles. The first-order valence-corrected chi connectivity index (χ1v) is 7.21. The maximum Gasteiger partial charge on any atom is 0.271 e. The minimum absolute atomic E-state index is 0.0817. The number of amides is 1. The third-order valence-electron chi connectivity index (χ3n) is 3.20. The van der Waals surface area contributed by atoms with Crippen LogP contribution in [-0.4, -0.2) is 34.0 Å². The van der Waals surface area contributed by atoms with Crippen LogP contribution in [0.1, 0.15) is 37.7 Å². The summed E-state index contributed by atoms with van der Waals surface area (Å²) in [6.07, 6.45) is 0.973. The van der Waals surface area contributed by atoms with E-state index in [4.69, 9.17) is 15.2 Å². The van der Waals surface area contributed by atoms with E-state index in [0.29, 0.717) is 29.4 Å². The van der Waals surface area contributed by atoms with Crippen molar-refractivity contribution in [3.63, 3.8) is 0 Å². The summed E-state index contributed by atoms with van der Waals surface area (Å²) in [6, 6.07) is 5.36. The van der Waals surface area contributed by atoms with Gasteiger partial charge in [0.2, 0.25) is 0 Å². The van der Waals surface area contributed by atoms with E-state index in [2.05, 4.69) is 15.4 Å². The average Bonchev–Trinajstić information content (AvgIpc) is 2.98. The molecule has 0 aliphatic carbocycles. The van der Waals surface area contributed by atoms with Crippen LogP contribution < -0.4 is 15.2 Å². The molecule has 1 aromatic carbocycles. The number of carbonyl (C=O) groups is 1. The minimum atomic E-state index is -0.637. The second kappa shape index (κ2) is 6.93. The first kappa shape index (κ1) is 15.8. The van der Waals surface area contributed by atoms with Gasteiger partial charge in [-0.15, -0.1) is 0 Å². The van der Waals surface area contributed by atoms with Crippen LogP contribution in [0, 0.1) is 0 Å². The predicted molar refractivity (Wildman–Crippen MR) is 81.9 cm³/mol. The van der Waals surface area contributed by atoms with Crippen LogP contribution in [0.3, 0.4) is 0 Å². The lowest BCUT2D eigenvalue weighted by Gasteiger charge is -2.16. The molecule has 0 saturated heterocycles. The molecule has 2 rings (SSSR count). The molecule has 0 fully saturated rings. The summed E-state index contributed by atoms with van der Waals surface area (Å²) in [5.74, 6) is 0.615. The lowest BCUT2D eigenvalue weighted by atomic mass is 10.1. The number of ether oxygens (including phenoxy) is 2. The number of H-pyrrole nitrogens is 1. The number of nitrogens with two attached hydrogens (primary N) is 1. The first-order chi connectivity index (χ1) is 10.6. The van der Waals surface area contributed by atoms with Gasteiger partial charge in [0, 0.05) is 5.56 Å². The molecule has 0 aliphatic rings. The molecule has 1 atom stereocenters. The number of primary amides is 1. The lowest BCUT2D eigenvalue weighted by molar-refractivity contribution is 0.0996. The van der Waals surface area contributed by atoms with Gasteiger partial charge in [-0.25, -0.2) is 0 Å². The zero-order valence-corrected chi connectivity index (χ0v) is 12.9. The summed E-state index contributed by atoms with van der Waals surface area (Å²) in [5.41, 5.74) is 6.46. The molecular weight excluding hydrogens is 284 g/mol. The van der Waals surface area contributed by atoms with E-state index >= 15 is 0 Å². The number of nitrogens with one attached hydrogen (secondary N) is 1. The Balaban J connectivity index is 2.40. The van der Waals surface area contributed by atoms with Crippen LogP contribution in [0.4, 0.5) is 0 Å². The van der Waals surface area contributed by atoms with Crippen molar-refractivity contribution < 1.29 is 14.3 Å². The summed E-state index contributed by atoms with van der Waals surface area (Å²) < 4.78 is 11.5. The summed E-state index contributed by atoms with van der Waals surface area (Å²) in [6.45, 7) is 6.44. The maximum absolute atomic E-state index is 11.4. The Morgan fingerprint density at radius 2 is 2.09 bits per heavy atom. The molecule has 0 spiro atoms. The topological polar surface area (TPSA) is 103 Å². The molecule has 0 radical (unpaired) electrons. The number of carbonyl (C=O) groups excluding carboxylic acids is 1. The largest absolute Gasteiger partial charge is 0.490 e. The molecule has 1 unspecified atom stereocenters. The summed E-state index contributed by atoms with van der Waals surface area (Å²) >= 11 is 0. The van der Waals surface area contributed by atoms with Crippen LogP contribution in [0.2, 0.25) is 0 Å². The Bertz CT molecular complexity index is 654. The van der Waals surface area contributed by atoms with Crippen LogP contribution in [0.15, 0.2) is 18.2 Å². The van der Waals surface area contributed by atoms with Gasteiger partial charge in [-0.1, -0.05) is 6.92 Å². The fourth-order valence-corrected chi connectivity index (χ4v) is 1.93. The number of aromatic nitrogens is 3. The minimum Gasteiger partial charge on any atom is -0.490 e. The van der Waals surface area contributed by atoms with E-state index in [1.165, 1.54) is 0 Å². The number of hydrogen-bond acceptors (Lipinski definition) is 5. The molecule has 0 aliphatic heterocycles. The Morgan fingerprint density at radius 1 is 1.32 bits per heavy atom. The second-order valence-electron chi connectivity index (χ2n) is 4.82. The van der Waals surface area contributed by atoms with E-state index in [0.717, 1.165) is 6.42 Å². The van der Waals surface area contributed by atoms with Gasteiger partial charge in [-0.05, 0) is 38.5 Å². The van der Waals surface area contributed by atoms with Gasteiger partial charge in [-0.3, -0.25) is 4.79 Å². The first-order valence-electron chi connectivity index (χ1n) is 7.21. The van der Waals surface area contributed by atoms with Gasteiger partial charge in [-0.2, -0.15) is 15.4 Å². The Hall–Kier alpha value is -2.57. The lowest BCUT2D eigenvalue weighted by Crippen LogP contribution is -2.13. The van der Waals surface area contributed by atoms with Crippen LogP contribution >= 0.6 is 0 Å². The van der Waals surface area contributed by atoms with Crippen molar-refractivity contribution in [2.75, 3.05) is 6.61 Å². The van der Waals surface area contributed by atoms with Crippen LogP contribution in [-0.2, 0) is 0 Å². The van der Waals surface area contributed by atoms with Gasteiger partial charge >= 0.3 is 0 Å². The molecule has 2 aromatic rings. The maximum atomic E-state index is 11.4. The monoisotopic (exact) mass is 304 g/mol. The van der Waals surface area contributed by atoms with Gasteiger partial charge in [0.05, 0.1) is 12.7 Å². The SMILES string of the molecule is CCOc1cc(-c2n[nH]nc2C(N)=O)ccc1OC(C)CC. The molecular formula is C15H20N4O3. The predicted octanol–water partition coefficient (Wildman–Crippen LogP) is 2.15. The van der Waals surface area contributed by atoms with E-state index in [1.807, 2.05) is 20.8 Å². The fourth-order valence-electron chi connectivity index (χ4n) is 1.93. The number of aromatic amines is 1. The number of benzene rings is 1. The summed E-state index contributed by atoms with van der Waals surface area (Å²) in [5, 5.41) is 10.2. The van der Waals surface area contributed by atoms with Gasteiger partial charge in [0.15, 0.2) is 17.2 Å². The molecule has 22 heavy (non-hydrogen) atoms. The van der Waals surface area contributed by atoms with Crippen molar-refractivity contribution in [2.24, 2.45) is 5.73 Å². The molecule has 7 heteroatoms.